The number of carboxylic acids is 1. The molecule has 0 spiro atoms. The number of carboxylic acid groups (broad SMARTS) is 1. The molecule has 0 aromatic heterocycles. The number of benzene rings is 2. The van der Waals surface area contributed by atoms with Gasteiger partial charge in [0.05, 0.1) is 0 Å². The van der Waals surface area contributed by atoms with Crippen molar-refractivity contribution in [3.8, 4) is 11.1 Å². The van der Waals surface area contributed by atoms with Crippen LogP contribution >= 0.6 is 0 Å². The van der Waals surface area contributed by atoms with E-state index in [9.17, 15) is 19.5 Å². The fourth-order valence-corrected chi connectivity index (χ4v) is 4.87. The third-order valence-electron chi connectivity index (χ3n) is 7.30. The highest BCUT2D eigenvalue weighted by atomic mass is 16.5. The Bertz CT molecular complexity index is 1020. The maximum absolute atomic E-state index is 13.0. The van der Waals surface area contributed by atoms with Gasteiger partial charge in [-0.3, -0.25) is 4.79 Å². The number of fused-ring (bicyclic) bond motifs is 3. The summed E-state index contributed by atoms with van der Waals surface area (Å²) in [5.41, 5.74) is 4.49. The largest absolute Gasteiger partial charge is 0.480 e. The van der Waals surface area contributed by atoms with Crippen LogP contribution in [0.1, 0.15) is 56.6 Å². The molecule has 2 aromatic rings. The van der Waals surface area contributed by atoms with Crippen molar-refractivity contribution in [2.24, 2.45) is 11.8 Å². The Hall–Kier alpha value is -3.35. The van der Waals surface area contributed by atoms with Crippen LogP contribution in [0.15, 0.2) is 48.5 Å². The predicted molar refractivity (Wildman–Crippen MR) is 128 cm³/mol. The smallest absolute Gasteiger partial charge is 0.407 e. The van der Waals surface area contributed by atoms with Crippen LogP contribution in [-0.2, 0) is 14.3 Å². The van der Waals surface area contributed by atoms with E-state index in [0.29, 0.717) is 6.42 Å². The quantitative estimate of drug-likeness (QED) is 0.513. The molecule has 0 bridgehead atoms. The molecule has 1 fully saturated rings. The summed E-state index contributed by atoms with van der Waals surface area (Å²) in [5.74, 6) is -1.85. The van der Waals surface area contributed by atoms with Crippen LogP contribution in [0.3, 0.4) is 0 Å². The van der Waals surface area contributed by atoms with E-state index in [4.69, 9.17) is 4.74 Å². The molecule has 2 amide bonds. The van der Waals surface area contributed by atoms with Gasteiger partial charge in [0, 0.05) is 5.92 Å². The number of carbonyl (C=O) groups is 3. The summed E-state index contributed by atoms with van der Waals surface area (Å²) in [5, 5.41) is 14.9. The first kappa shape index (κ1) is 23.8. The molecule has 3 N–H and O–H groups in total. The van der Waals surface area contributed by atoms with Gasteiger partial charge in [0.25, 0.3) is 0 Å². The molecule has 2 aromatic carbocycles. The Morgan fingerprint density at radius 2 is 1.59 bits per heavy atom. The lowest BCUT2D eigenvalue weighted by Gasteiger charge is -2.33. The van der Waals surface area contributed by atoms with E-state index in [1.165, 1.54) is 0 Å². The minimum Gasteiger partial charge on any atom is -0.480 e. The summed E-state index contributed by atoms with van der Waals surface area (Å²) >= 11 is 0. The molecular weight excluding hydrogens is 432 g/mol. The summed E-state index contributed by atoms with van der Waals surface area (Å²) < 4.78 is 5.60. The number of rotatable bonds is 9. The van der Waals surface area contributed by atoms with Crippen molar-refractivity contribution in [3.05, 3.63) is 59.7 Å². The third-order valence-corrected chi connectivity index (χ3v) is 7.30. The standard InChI is InChI=1S/C27H32N2O5/c1-3-16(2)23(25(30)28-24(26(31)32)17-9-8-10-17)29-27(33)34-15-22-20-13-6-4-11-18(20)19-12-5-7-14-21(19)22/h4-7,11-14,16-17,22-24H,3,8-10,15H2,1-2H3,(H,28,30)(H,29,33)(H,31,32). The second kappa shape index (κ2) is 10.3. The monoisotopic (exact) mass is 464 g/mol. The molecular formula is C27H32N2O5. The van der Waals surface area contributed by atoms with E-state index in [1.54, 1.807) is 0 Å². The van der Waals surface area contributed by atoms with E-state index in [-0.39, 0.29) is 24.4 Å². The number of carbonyl (C=O) groups excluding carboxylic acids is 2. The first-order valence-electron chi connectivity index (χ1n) is 12.0. The van der Waals surface area contributed by atoms with Gasteiger partial charge in [-0.05, 0) is 46.9 Å². The van der Waals surface area contributed by atoms with Crippen LogP contribution in [0.4, 0.5) is 4.79 Å². The first-order valence-corrected chi connectivity index (χ1v) is 12.0. The summed E-state index contributed by atoms with van der Waals surface area (Å²) in [4.78, 5) is 37.4. The van der Waals surface area contributed by atoms with Gasteiger partial charge in [0.2, 0.25) is 5.91 Å². The van der Waals surface area contributed by atoms with Crippen LogP contribution in [0.25, 0.3) is 11.1 Å². The Kier molecular flexibility index (Phi) is 7.20. The van der Waals surface area contributed by atoms with Crippen molar-refractivity contribution in [3.63, 3.8) is 0 Å². The topological polar surface area (TPSA) is 105 Å². The van der Waals surface area contributed by atoms with E-state index in [1.807, 2.05) is 50.2 Å². The fourth-order valence-electron chi connectivity index (χ4n) is 4.87. The van der Waals surface area contributed by atoms with E-state index in [0.717, 1.165) is 41.5 Å². The summed E-state index contributed by atoms with van der Waals surface area (Å²) in [7, 11) is 0. The van der Waals surface area contributed by atoms with Crippen molar-refractivity contribution in [1.29, 1.82) is 0 Å². The van der Waals surface area contributed by atoms with Gasteiger partial charge >= 0.3 is 12.1 Å². The molecule has 0 heterocycles. The van der Waals surface area contributed by atoms with E-state index in [2.05, 4.69) is 22.8 Å². The molecule has 7 nitrogen and oxygen atoms in total. The zero-order chi connectivity index (χ0) is 24.2. The number of nitrogens with one attached hydrogen (secondary N) is 2. The number of hydrogen-bond acceptors (Lipinski definition) is 4. The number of aliphatic carboxylic acids is 1. The minimum absolute atomic E-state index is 0.0616. The Balaban J connectivity index is 1.42. The number of ether oxygens (including phenoxy) is 1. The lowest BCUT2D eigenvalue weighted by Crippen LogP contribution is -2.56. The van der Waals surface area contributed by atoms with Crippen LogP contribution in [0, 0.1) is 11.8 Å². The minimum atomic E-state index is -1.04. The summed E-state index contributed by atoms with van der Waals surface area (Å²) in [6.45, 7) is 3.92. The number of hydrogen-bond donors (Lipinski definition) is 3. The number of alkyl carbamates (subject to hydrolysis) is 1. The summed E-state index contributed by atoms with van der Waals surface area (Å²) in [6, 6.07) is 14.4. The number of amides is 2. The highest BCUT2D eigenvalue weighted by Gasteiger charge is 2.37. The molecule has 34 heavy (non-hydrogen) atoms. The molecule has 0 radical (unpaired) electrons. The highest BCUT2D eigenvalue weighted by molar-refractivity contribution is 5.89. The first-order chi connectivity index (χ1) is 16.4. The van der Waals surface area contributed by atoms with Crippen molar-refractivity contribution < 1.29 is 24.2 Å². The Morgan fingerprint density at radius 1 is 1.00 bits per heavy atom. The molecule has 1 saturated carbocycles. The van der Waals surface area contributed by atoms with Gasteiger partial charge < -0.3 is 20.5 Å². The Labute approximate surface area is 199 Å². The van der Waals surface area contributed by atoms with E-state index >= 15 is 0 Å². The molecule has 3 atom stereocenters. The molecule has 3 unspecified atom stereocenters. The fraction of sp³-hybridized carbons (Fsp3) is 0.444. The molecule has 0 aliphatic heterocycles. The van der Waals surface area contributed by atoms with Gasteiger partial charge in [-0.2, -0.15) is 0 Å². The van der Waals surface area contributed by atoms with Gasteiger partial charge in [-0.25, -0.2) is 9.59 Å². The zero-order valence-corrected chi connectivity index (χ0v) is 19.6. The molecule has 2 aliphatic rings. The lowest BCUT2D eigenvalue weighted by molar-refractivity contribution is -0.145. The second-order valence-electron chi connectivity index (χ2n) is 9.35. The predicted octanol–water partition coefficient (Wildman–Crippen LogP) is 4.31. The van der Waals surface area contributed by atoms with Crippen LogP contribution in [0.5, 0.6) is 0 Å². The SMILES string of the molecule is CCC(C)C(NC(=O)OCC1c2ccccc2-c2ccccc21)C(=O)NC(C(=O)O)C1CCC1. The molecule has 2 aliphatic carbocycles. The lowest BCUT2D eigenvalue weighted by atomic mass is 9.79. The van der Waals surface area contributed by atoms with Crippen molar-refractivity contribution in [2.75, 3.05) is 6.61 Å². The van der Waals surface area contributed by atoms with Gasteiger partial charge in [0.1, 0.15) is 18.7 Å². The van der Waals surface area contributed by atoms with Crippen LogP contribution in [0.2, 0.25) is 0 Å². The average Bonchev–Trinajstić information content (AvgIpc) is 3.12. The van der Waals surface area contributed by atoms with Gasteiger partial charge in [0.15, 0.2) is 0 Å². The maximum atomic E-state index is 13.0. The van der Waals surface area contributed by atoms with Crippen molar-refractivity contribution >= 4 is 18.0 Å². The van der Waals surface area contributed by atoms with Crippen molar-refractivity contribution in [1.82, 2.24) is 10.6 Å². The maximum Gasteiger partial charge on any atom is 0.407 e. The van der Waals surface area contributed by atoms with Crippen LogP contribution in [-0.4, -0.2) is 41.8 Å². The normalized spacial score (nSPS) is 17.5. The van der Waals surface area contributed by atoms with E-state index < -0.39 is 30.1 Å². The van der Waals surface area contributed by atoms with Gasteiger partial charge in [-0.1, -0.05) is 75.2 Å². The molecule has 0 saturated heterocycles. The average molecular weight is 465 g/mol. The zero-order valence-electron chi connectivity index (χ0n) is 19.6. The van der Waals surface area contributed by atoms with Crippen LogP contribution < -0.4 is 10.6 Å². The Morgan fingerprint density at radius 3 is 2.09 bits per heavy atom. The molecule has 7 heteroatoms. The summed E-state index contributed by atoms with van der Waals surface area (Å²) in [6.07, 6.45) is 2.49. The molecule has 4 rings (SSSR count). The highest BCUT2D eigenvalue weighted by Crippen LogP contribution is 2.44. The van der Waals surface area contributed by atoms with Gasteiger partial charge in [-0.15, -0.1) is 0 Å². The molecule has 180 valence electrons. The van der Waals surface area contributed by atoms with Crippen molar-refractivity contribution in [2.45, 2.75) is 57.5 Å². The third kappa shape index (κ3) is 4.79. The second-order valence-corrected chi connectivity index (χ2v) is 9.35.